The molecule has 1 aliphatic carbocycles. The number of benzene rings is 2. The number of aryl methyl sites for hydroxylation is 1. The molecule has 0 unspecified atom stereocenters. The third kappa shape index (κ3) is 4.24. The van der Waals surface area contributed by atoms with Crippen molar-refractivity contribution < 1.29 is 28.5 Å². The minimum absolute atomic E-state index is 0.0946. The van der Waals surface area contributed by atoms with Crippen LogP contribution in [-0.2, 0) is 18.4 Å². The van der Waals surface area contributed by atoms with E-state index in [0.717, 1.165) is 49.1 Å². The molecule has 3 aromatic rings. The Morgan fingerprint density at radius 2 is 1.95 bits per heavy atom. The lowest BCUT2D eigenvalue weighted by Crippen LogP contribution is -2.44. The van der Waals surface area contributed by atoms with Gasteiger partial charge in [-0.25, -0.2) is 4.98 Å². The van der Waals surface area contributed by atoms with Gasteiger partial charge in [0.2, 0.25) is 0 Å². The molecule has 192 valence electrons. The number of ketones is 1. The minimum Gasteiger partial charge on any atom is -0.493 e. The van der Waals surface area contributed by atoms with Gasteiger partial charge in [-0.2, -0.15) is 0 Å². The number of Topliss-reactive ketones (excluding diaryl/α,β-unsaturated/α-hetero) is 1. The minimum atomic E-state index is -0.468. The van der Waals surface area contributed by atoms with Crippen LogP contribution >= 0.6 is 0 Å². The van der Waals surface area contributed by atoms with Crippen molar-refractivity contribution in [3.63, 3.8) is 0 Å². The Bertz CT molecular complexity index is 1370. The molecule has 3 aliphatic rings. The van der Waals surface area contributed by atoms with Gasteiger partial charge < -0.3 is 23.5 Å². The Hall–Kier alpha value is -3.81. The quantitative estimate of drug-likeness (QED) is 0.354. The highest BCUT2D eigenvalue weighted by atomic mass is 16.5. The summed E-state index contributed by atoms with van der Waals surface area (Å²) >= 11 is 0. The summed E-state index contributed by atoms with van der Waals surface area (Å²) in [4.78, 5) is 30.2. The summed E-state index contributed by atoms with van der Waals surface area (Å²) in [5, 5.41) is 0. The molecule has 6 rings (SSSR count). The van der Waals surface area contributed by atoms with Crippen molar-refractivity contribution in [2.45, 2.75) is 63.1 Å². The predicted molar refractivity (Wildman–Crippen MR) is 134 cm³/mol. The van der Waals surface area contributed by atoms with E-state index in [0.29, 0.717) is 41.6 Å². The number of aromatic nitrogens is 2. The number of carbonyl (C=O) groups is 2. The van der Waals surface area contributed by atoms with Crippen LogP contribution in [-0.4, -0.2) is 34.0 Å². The number of methoxy groups -OCH3 is 1. The maximum Gasteiger partial charge on any atom is 0.312 e. The Morgan fingerprint density at radius 1 is 1.11 bits per heavy atom. The first-order chi connectivity index (χ1) is 18.0. The predicted octanol–water partition coefficient (Wildman–Crippen LogP) is 5.12. The molecule has 2 aliphatic heterocycles. The number of hydrogen-bond acceptors (Lipinski definition) is 7. The van der Waals surface area contributed by atoms with E-state index in [-0.39, 0.29) is 24.1 Å². The first-order valence-electron chi connectivity index (χ1n) is 12.8. The zero-order valence-electron chi connectivity index (χ0n) is 21.1. The molecule has 37 heavy (non-hydrogen) atoms. The summed E-state index contributed by atoms with van der Waals surface area (Å²) < 4.78 is 25.9. The summed E-state index contributed by atoms with van der Waals surface area (Å²) in [6.45, 7) is 0.295. The average Bonchev–Trinajstić information content (AvgIpc) is 3.31. The van der Waals surface area contributed by atoms with Crippen molar-refractivity contribution in [1.29, 1.82) is 0 Å². The molecule has 1 spiro atoms. The molecule has 0 bridgehead atoms. The van der Waals surface area contributed by atoms with Crippen LogP contribution in [0.3, 0.4) is 0 Å². The molecule has 0 radical (unpaired) electrons. The van der Waals surface area contributed by atoms with Crippen LogP contribution in [0, 0.1) is 0 Å². The average molecular weight is 503 g/mol. The Balaban J connectivity index is 1.38. The molecule has 3 heterocycles. The molecule has 1 atom stereocenters. The van der Waals surface area contributed by atoms with Crippen molar-refractivity contribution in [3.05, 3.63) is 65.2 Å². The number of nitrogens with zero attached hydrogens (tertiary/aromatic N) is 2. The number of imidazole rings is 1. The first kappa shape index (κ1) is 23.6. The molecular formula is C29H30N2O6. The summed E-state index contributed by atoms with van der Waals surface area (Å²) in [5.74, 6) is 2.39. The maximum absolute atomic E-state index is 13.3. The van der Waals surface area contributed by atoms with Gasteiger partial charge in [0, 0.05) is 30.9 Å². The number of hydrogen-bond donors (Lipinski definition) is 0. The van der Waals surface area contributed by atoms with E-state index in [1.165, 1.54) is 0 Å². The summed E-state index contributed by atoms with van der Waals surface area (Å²) in [6.07, 6.45) is 9.12. The standard InChI is InChI=1S/C29H30N2O6/c1-31-13-12-30-25(31)17-35-22-8-6-18(14-24(22)34-2)20-15-26(33)36-23-9-7-19-21(32)16-29(10-4-3-5-11-29)37-28(19)27(20)23/h6-9,12-14,20H,3-5,10-11,15-17H2,1-2H3/t20-/m0/s1. The van der Waals surface area contributed by atoms with Crippen molar-refractivity contribution in [1.82, 2.24) is 9.55 Å². The number of fused-ring (bicyclic) bond motifs is 3. The molecule has 1 fully saturated rings. The van der Waals surface area contributed by atoms with Crippen LogP contribution in [0.4, 0.5) is 0 Å². The third-order valence-corrected chi connectivity index (χ3v) is 7.83. The van der Waals surface area contributed by atoms with E-state index < -0.39 is 5.60 Å². The van der Waals surface area contributed by atoms with Gasteiger partial charge in [-0.15, -0.1) is 0 Å². The lowest BCUT2D eigenvalue weighted by Gasteiger charge is -2.42. The highest BCUT2D eigenvalue weighted by molar-refractivity contribution is 6.01. The van der Waals surface area contributed by atoms with E-state index in [2.05, 4.69) is 4.98 Å². The van der Waals surface area contributed by atoms with Crippen LogP contribution < -0.4 is 18.9 Å². The van der Waals surface area contributed by atoms with E-state index >= 15 is 0 Å². The van der Waals surface area contributed by atoms with E-state index in [4.69, 9.17) is 18.9 Å². The fourth-order valence-electron chi connectivity index (χ4n) is 5.86. The highest BCUT2D eigenvalue weighted by Crippen LogP contribution is 2.51. The molecule has 1 aromatic heterocycles. The molecule has 8 heteroatoms. The topological polar surface area (TPSA) is 88.9 Å². The van der Waals surface area contributed by atoms with Gasteiger partial charge in [0.1, 0.15) is 29.5 Å². The molecule has 8 nitrogen and oxygen atoms in total. The third-order valence-electron chi connectivity index (χ3n) is 7.83. The first-order valence-corrected chi connectivity index (χ1v) is 12.8. The zero-order valence-corrected chi connectivity index (χ0v) is 21.1. The summed E-state index contributed by atoms with van der Waals surface area (Å²) in [5.41, 5.74) is 1.73. The molecular weight excluding hydrogens is 472 g/mol. The van der Waals surface area contributed by atoms with Gasteiger partial charge in [0.05, 0.1) is 25.5 Å². The Labute approximate surface area is 215 Å². The highest BCUT2D eigenvalue weighted by Gasteiger charge is 2.44. The van der Waals surface area contributed by atoms with Crippen LogP contribution in [0.1, 0.15) is 78.2 Å². The van der Waals surface area contributed by atoms with Crippen molar-refractivity contribution in [3.8, 4) is 23.0 Å². The van der Waals surface area contributed by atoms with Gasteiger partial charge in [0.25, 0.3) is 0 Å². The van der Waals surface area contributed by atoms with Gasteiger partial charge >= 0.3 is 5.97 Å². The van der Waals surface area contributed by atoms with E-state index in [1.807, 2.05) is 36.0 Å². The van der Waals surface area contributed by atoms with Gasteiger partial charge in [-0.05, 0) is 55.5 Å². The summed E-state index contributed by atoms with van der Waals surface area (Å²) in [6, 6.07) is 9.13. The van der Waals surface area contributed by atoms with Crippen LogP contribution in [0.15, 0.2) is 42.7 Å². The Morgan fingerprint density at radius 3 is 2.70 bits per heavy atom. The molecule has 2 aromatic carbocycles. The van der Waals surface area contributed by atoms with Crippen LogP contribution in [0.25, 0.3) is 0 Å². The number of ether oxygens (including phenoxy) is 4. The molecule has 0 saturated heterocycles. The smallest absolute Gasteiger partial charge is 0.312 e. The normalized spacial score (nSPS) is 20.0. The zero-order chi connectivity index (χ0) is 25.6. The van der Waals surface area contributed by atoms with Gasteiger partial charge in [0.15, 0.2) is 17.3 Å². The lowest BCUT2D eigenvalue weighted by molar-refractivity contribution is -0.135. The maximum atomic E-state index is 13.3. The second-order valence-electron chi connectivity index (χ2n) is 10.2. The molecule has 1 saturated carbocycles. The van der Waals surface area contributed by atoms with Crippen molar-refractivity contribution in [2.24, 2.45) is 7.05 Å². The van der Waals surface area contributed by atoms with Crippen LogP contribution in [0.5, 0.6) is 23.0 Å². The van der Waals surface area contributed by atoms with Gasteiger partial charge in [-0.3, -0.25) is 9.59 Å². The SMILES string of the molecule is COc1cc([C@@H]2CC(=O)Oc3ccc4c(c32)OC2(CCCCC2)CC4=O)ccc1OCc1nccn1C. The van der Waals surface area contributed by atoms with E-state index in [1.54, 1.807) is 25.4 Å². The fourth-order valence-corrected chi connectivity index (χ4v) is 5.86. The molecule has 0 amide bonds. The van der Waals surface area contributed by atoms with Crippen molar-refractivity contribution >= 4 is 11.8 Å². The molecule has 0 N–H and O–H groups in total. The number of rotatable bonds is 5. The lowest BCUT2D eigenvalue weighted by atomic mass is 9.76. The fraction of sp³-hybridized carbons (Fsp3) is 0.414. The summed E-state index contributed by atoms with van der Waals surface area (Å²) in [7, 11) is 3.50. The van der Waals surface area contributed by atoms with Crippen LogP contribution in [0.2, 0.25) is 0 Å². The van der Waals surface area contributed by atoms with E-state index in [9.17, 15) is 9.59 Å². The van der Waals surface area contributed by atoms with Crippen molar-refractivity contribution in [2.75, 3.05) is 7.11 Å². The number of carbonyl (C=O) groups excluding carboxylic acids is 2. The van der Waals surface area contributed by atoms with Gasteiger partial charge in [-0.1, -0.05) is 12.5 Å². The largest absolute Gasteiger partial charge is 0.493 e. The second kappa shape index (κ2) is 9.25. The number of esters is 1. The Kier molecular flexibility index (Phi) is 5.89. The second-order valence-corrected chi connectivity index (χ2v) is 10.2. The monoisotopic (exact) mass is 502 g/mol.